The topological polar surface area (TPSA) is 59.4 Å². The number of rotatable bonds is 4. The van der Waals surface area contributed by atoms with E-state index in [2.05, 4.69) is 0 Å². The summed E-state index contributed by atoms with van der Waals surface area (Å²) < 4.78 is 5.28. The molecule has 3 N–H and O–H groups in total. The molecule has 1 rings (SSSR count). The van der Waals surface area contributed by atoms with Gasteiger partial charge in [-0.3, -0.25) is 0 Å². The van der Waals surface area contributed by atoms with E-state index in [1.807, 2.05) is 26.0 Å². The van der Waals surface area contributed by atoms with Gasteiger partial charge in [0.1, 0.15) is 5.76 Å². The highest BCUT2D eigenvalue weighted by Crippen LogP contribution is 2.29. The standard InChI is InChI=1S/C10H17NO2/c1-10(2,11)8(5-6-12)9-4-3-7-13-9/h3-4,7-8,12H,5-6,11H2,1-2H3. The van der Waals surface area contributed by atoms with E-state index in [-0.39, 0.29) is 18.1 Å². The predicted molar refractivity (Wildman–Crippen MR) is 51.4 cm³/mol. The minimum atomic E-state index is -0.361. The SMILES string of the molecule is CC(C)(N)C(CCO)c1ccco1. The second-order valence-electron chi connectivity index (χ2n) is 3.90. The molecule has 0 aromatic carbocycles. The van der Waals surface area contributed by atoms with Crippen molar-refractivity contribution < 1.29 is 9.52 Å². The summed E-state index contributed by atoms with van der Waals surface area (Å²) >= 11 is 0. The minimum Gasteiger partial charge on any atom is -0.469 e. The van der Waals surface area contributed by atoms with Gasteiger partial charge >= 0.3 is 0 Å². The molecule has 0 amide bonds. The summed E-state index contributed by atoms with van der Waals surface area (Å²) in [4.78, 5) is 0. The highest BCUT2D eigenvalue weighted by Gasteiger charge is 2.28. The Kier molecular flexibility index (Phi) is 3.12. The third-order valence-corrected chi connectivity index (χ3v) is 2.20. The molecule has 1 aromatic heterocycles. The number of hydrogen-bond acceptors (Lipinski definition) is 3. The van der Waals surface area contributed by atoms with Crippen LogP contribution in [-0.4, -0.2) is 17.3 Å². The maximum atomic E-state index is 8.90. The summed E-state index contributed by atoms with van der Waals surface area (Å²) in [5, 5.41) is 8.90. The van der Waals surface area contributed by atoms with Crippen molar-refractivity contribution in [2.24, 2.45) is 5.73 Å². The van der Waals surface area contributed by atoms with Crippen LogP contribution >= 0.6 is 0 Å². The van der Waals surface area contributed by atoms with Crippen LogP contribution in [0, 0.1) is 0 Å². The predicted octanol–water partition coefficient (Wildman–Crippen LogP) is 1.48. The van der Waals surface area contributed by atoms with Gasteiger partial charge < -0.3 is 15.3 Å². The van der Waals surface area contributed by atoms with Gasteiger partial charge in [0.2, 0.25) is 0 Å². The molecule has 0 fully saturated rings. The Morgan fingerprint density at radius 1 is 1.62 bits per heavy atom. The molecule has 0 aliphatic rings. The highest BCUT2D eigenvalue weighted by atomic mass is 16.3. The average Bonchev–Trinajstić information content (AvgIpc) is 2.49. The van der Waals surface area contributed by atoms with Gasteiger partial charge in [0, 0.05) is 18.1 Å². The van der Waals surface area contributed by atoms with Crippen LogP contribution in [0.25, 0.3) is 0 Å². The van der Waals surface area contributed by atoms with Gasteiger partial charge in [0.05, 0.1) is 6.26 Å². The van der Waals surface area contributed by atoms with Gasteiger partial charge in [-0.05, 0) is 32.4 Å². The van der Waals surface area contributed by atoms with Gasteiger partial charge in [-0.1, -0.05) is 0 Å². The van der Waals surface area contributed by atoms with E-state index < -0.39 is 0 Å². The fourth-order valence-electron chi connectivity index (χ4n) is 1.50. The van der Waals surface area contributed by atoms with E-state index in [0.717, 1.165) is 5.76 Å². The maximum absolute atomic E-state index is 8.90. The van der Waals surface area contributed by atoms with Crippen LogP contribution in [0.15, 0.2) is 22.8 Å². The lowest BCUT2D eigenvalue weighted by molar-refractivity contribution is 0.236. The number of nitrogens with two attached hydrogens (primary N) is 1. The Bertz CT molecular complexity index is 236. The van der Waals surface area contributed by atoms with Crippen LogP contribution in [0.5, 0.6) is 0 Å². The van der Waals surface area contributed by atoms with E-state index in [0.29, 0.717) is 6.42 Å². The van der Waals surface area contributed by atoms with E-state index >= 15 is 0 Å². The summed E-state index contributed by atoms with van der Waals surface area (Å²) in [5.74, 6) is 0.925. The zero-order valence-electron chi connectivity index (χ0n) is 8.16. The fourth-order valence-corrected chi connectivity index (χ4v) is 1.50. The molecule has 0 aliphatic carbocycles. The second kappa shape index (κ2) is 3.94. The first-order valence-corrected chi connectivity index (χ1v) is 4.49. The molecule has 0 spiro atoms. The van der Waals surface area contributed by atoms with Gasteiger partial charge in [0.15, 0.2) is 0 Å². The molecule has 3 heteroatoms. The summed E-state index contributed by atoms with van der Waals surface area (Å²) in [6, 6.07) is 3.74. The first kappa shape index (κ1) is 10.3. The van der Waals surface area contributed by atoms with Crippen LogP contribution < -0.4 is 5.73 Å². The van der Waals surface area contributed by atoms with Crippen molar-refractivity contribution in [3.8, 4) is 0 Å². The van der Waals surface area contributed by atoms with Gasteiger partial charge in [-0.2, -0.15) is 0 Å². The molecule has 0 bridgehead atoms. The molecule has 74 valence electrons. The lowest BCUT2D eigenvalue weighted by atomic mass is 9.84. The first-order valence-electron chi connectivity index (χ1n) is 4.49. The molecular formula is C10H17NO2. The Hall–Kier alpha value is -0.800. The van der Waals surface area contributed by atoms with Crippen molar-refractivity contribution in [3.63, 3.8) is 0 Å². The maximum Gasteiger partial charge on any atom is 0.108 e. The van der Waals surface area contributed by atoms with Crippen LogP contribution in [0.1, 0.15) is 31.9 Å². The number of aliphatic hydroxyl groups is 1. The smallest absolute Gasteiger partial charge is 0.108 e. The Balaban J connectivity index is 2.81. The van der Waals surface area contributed by atoms with Crippen LogP contribution in [0.3, 0.4) is 0 Å². The van der Waals surface area contributed by atoms with Crippen LogP contribution in [0.4, 0.5) is 0 Å². The third-order valence-electron chi connectivity index (χ3n) is 2.20. The van der Waals surface area contributed by atoms with Crippen molar-refractivity contribution in [2.45, 2.75) is 31.7 Å². The molecule has 0 aliphatic heterocycles. The summed E-state index contributed by atoms with van der Waals surface area (Å²) in [7, 11) is 0. The first-order chi connectivity index (χ1) is 6.05. The van der Waals surface area contributed by atoms with Crippen molar-refractivity contribution in [1.29, 1.82) is 0 Å². The van der Waals surface area contributed by atoms with E-state index in [1.165, 1.54) is 0 Å². The lowest BCUT2D eigenvalue weighted by Crippen LogP contribution is -2.39. The van der Waals surface area contributed by atoms with E-state index in [1.54, 1.807) is 6.26 Å². The molecule has 1 aromatic rings. The Morgan fingerprint density at radius 2 is 2.31 bits per heavy atom. The quantitative estimate of drug-likeness (QED) is 0.743. The summed E-state index contributed by atoms with van der Waals surface area (Å²) in [6.07, 6.45) is 2.27. The number of hydrogen-bond donors (Lipinski definition) is 2. The largest absolute Gasteiger partial charge is 0.469 e. The third kappa shape index (κ3) is 2.57. The van der Waals surface area contributed by atoms with E-state index in [9.17, 15) is 0 Å². The van der Waals surface area contributed by atoms with Crippen molar-refractivity contribution in [1.82, 2.24) is 0 Å². The summed E-state index contributed by atoms with van der Waals surface area (Å²) in [5.41, 5.74) is 5.63. The molecule has 0 radical (unpaired) electrons. The Morgan fingerprint density at radius 3 is 2.69 bits per heavy atom. The van der Waals surface area contributed by atoms with Crippen molar-refractivity contribution in [3.05, 3.63) is 24.2 Å². The molecule has 1 heterocycles. The molecule has 0 saturated heterocycles. The monoisotopic (exact) mass is 183 g/mol. The lowest BCUT2D eigenvalue weighted by Gasteiger charge is -2.28. The number of furan rings is 1. The zero-order chi connectivity index (χ0) is 9.90. The molecule has 1 unspecified atom stereocenters. The van der Waals surface area contributed by atoms with E-state index in [4.69, 9.17) is 15.3 Å². The van der Waals surface area contributed by atoms with Gasteiger partial charge in [-0.25, -0.2) is 0 Å². The average molecular weight is 183 g/mol. The van der Waals surface area contributed by atoms with Crippen LogP contribution in [0.2, 0.25) is 0 Å². The fraction of sp³-hybridized carbons (Fsp3) is 0.600. The van der Waals surface area contributed by atoms with Crippen LogP contribution in [-0.2, 0) is 0 Å². The molecule has 0 saturated carbocycles. The highest BCUT2D eigenvalue weighted by molar-refractivity contribution is 5.11. The van der Waals surface area contributed by atoms with Crippen molar-refractivity contribution >= 4 is 0 Å². The van der Waals surface area contributed by atoms with Gasteiger partial charge in [0.25, 0.3) is 0 Å². The molecule has 1 atom stereocenters. The summed E-state index contributed by atoms with van der Waals surface area (Å²) in [6.45, 7) is 4.01. The van der Waals surface area contributed by atoms with Gasteiger partial charge in [-0.15, -0.1) is 0 Å². The molecule has 13 heavy (non-hydrogen) atoms. The molecule has 3 nitrogen and oxygen atoms in total. The minimum absolute atomic E-state index is 0.0764. The number of aliphatic hydroxyl groups excluding tert-OH is 1. The zero-order valence-corrected chi connectivity index (χ0v) is 8.16. The van der Waals surface area contributed by atoms with Crippen molar-refractivity contribution in [2.75, 3.05) is 6.61 Å². The second-order valence-corrected chi connectivity index (χ2v) is 3.90. The normalized spacial score (nSPS) is 14.5. The molecular weight excluding hydrogens is 166 g/mol. The Labute approximate surface area is 78.5 Å².